The Bertz CT molecular complexity index is 524. The first-order valence-corrected chi connectivity index (χ1v) is 8.04. The molecule has 1 heterocycles. The number of aliphatic carboxylic acids is 1. The maximum absolute atomic E-state index is 11.8. The highest BCUT2D eigenvalue weighted by Crippen LogP contribution is 2.31. The lowest BCUT2D eigenvalue weighted by Gasteiger charge is -2.38. The number of ether oxygens (including phenoxy) is 1. The molecule has 0 saturated carbocycles. The van der Waals surface area contributed by atoms with Crippen molar-refractivity contribution in [2.24, 2.45) is 0 Å². The van der Waals surface area contributed by atoms with Crippen molar-refractivity contribution in [3.05, 3.63) is 28.8 Å². The van der Waals surface area contributed by atoms with Gasteiger partial charge in [0, 0.05) is 25.7 Å². The number of hydrogen-bond acceptors (Lipinski definition) is 4. The Labute approximate surface area is 136 Å². The van der Waals surface area contributed by atoms with Gasteiger partial charge in [-0.1, -0.05) is 24.6 Å². The second kappa shape index (κ2) is 7.81. The summed E-state index contributed by atoms with van der Waals surface area (Å²) in [5, 5.41) is 13.4. The van der Waals surface area contributed by atoms with Crippen molar-refractivity contribution in [2.75, 3.05) is 26.2 Å². The second-order valence-corrected chi connectivity index (χ2v) is 5.98. The van der Waals surface area contributed by atoms with Gasteiger partial charge in [-0.25, -0.2) is 0 Å². The zero-order chi connectivity index (χ0) is 16.1. The van der Waals surface area contributed by atoms with E-state index in [0.29, 0.717) is 29.5 Å². The SMILES string of the molecule is CCCOc1ccc(C(C(=O)O)N2CCNCC2C)cc1Cl. The molecule has 2 N–H and O–H groups in total. The summed E-state index contributed by atoms with van der Waals surface area (Å²) in [6, 6.07) is 4.74. The van der Waals surface area contributed by atoms with Crippen LogP contribution in [0.1, 0.15) is 31.9 Å². The number of nitrogens with one attached hydrogen (secondary N) is 1. The molecule has 122 valence electrons. The molecule has 1 saturated heterocycles. The minimum atomic E-state index is -0.855. The summed E-state index contributed by atoms with van der Waals surface area (Å²) in [6.45, 7) is 6.92. The summed E-state index contributed by atoms with van der Waals surface area (Å²) < 4.78 is 5.54. The van der Waals surface area contributed by atoms with Gasteiger partial charge in [0.1, 0.15) is 11.8 Å². The molecule has 6 heteroatoms. The van der Waals surface area contributed by atoms with Crippen LogP contribution in [0.4, 0.5) is 0 Å². The van der Waals surface area contributed by atoms with Crippen molar-refractivity contribution < 1.29 is 14.6 Å². The van der Waals surface area contributed by atoms with Crippen molar-refractivity contribution in [1.82, 2.24) is 10.2 Å². The number of carbonyl (C=O) groups is 1. The largest absolute Gasteiger partial charge is 0.492 e. The van der Waals surface area contributed by atoms with Gasteiger partial charge >= 0.3 is 5.97 Å². The van der Waals surface area contributed by atoms with Crippen molar-refractivity contribution >= 4 is 17.6 Å². The third kappa shape index (κ3) is 3.91. The fourth-order valence-electron chi connectivity index (χ4n) is 2.73. The molecule has 0 bridgehead atoms. The number of benzene rings is 1. The number of halogens is 1. The molecule has 0 amide bonds. The van der Waals surface area contributed by atoms with E-state index in [0.717, 1.165) is 19.5 Å². The first-order chi connectivity index (χ1) is 10.5. The van der Waals surface area contributed by atoms with E-state index in [1.54, 1.807) is 18.2 Å². The molecule has 1 aliphatic heterocycles. The maximum atomic E-state index is 11.8. The van der Waals surface area contributed by atoms with Crippen molar-refractivity contribution in [3.8, 4) is 5.75 Å². The van der Waals surface area contributed by atoms with E-state index in [4.69, 9.17) is 16.3 Å². The van der Waals surface area contributed by atoms with Crippen molar-refractivity contribution in [2.45, 2.75) is 32.4 Å². The van der Waals surface area contributed by atoms with Gasteiger partial charge in [-0.2, -0.15) is 0 Å². The van der Waals surface area contributed by atoms with Gasteiger partial charge in [0.15, 0.2) is 0 Å². The van der Waals surface area contributed by atoms with Gasteiger partial charge in [0.2, 0.25) is 0 Å². The van der Waals surface area contributed by atoms with Crippen molar-refractivity contribution in [1.29, 1.82) is 0 Å². The minimum absolute atomic E-state index is 0.157. The Morgan fingerprint density at radius 2 is 2.36 bits per heavy atom. The van der Waals surface area contributed by atoms with E-state index >= 15 is 0 Å². The molecule has 0 aromatic heterocycles. The standard InChI is InChI=1S/C16H23ClN2O3/c1-3-8-22-14-5-4-12(9-13(14)17)15(16(20)21)19-7-6-18-10-11(19)2/h4-5,9,11,15,18H,3,6-8,10H2,1-2H3,(H,20,21). The summed E-state index contributed by atoms with van der Waals surface area (Å²) in [5.74, 6) is -0.253. The molecule has 0 spiro atoms. The molecule has 2 atom stereocenters. The van der Waals surface area contributed by atoms with Crippen LogP contribution in [0.3, 0.4) is 0 Å². The van der Waals surface area contributed by atoms with Gasteiger partial charge in [-0.05, 0) is 31.0 Å². The number of carboxylic acids is 1. The normalized spacial score (nSPS) is 20.6. The van der Waals surface area contributed by atoms with Crippen molar-refractivity contribution in [3.63, 3.8) is 0 Å². The predicted octanol–water partition coefficient (Wildman–Crippen LogP) is 2.55. The fraction of sp³-hybridized carbons (Fsp3) is 0.562. The fourth-order valence-corrected chi connectivity index (χ4v) is 2.98. The zero-order valence-electron chi connectivity index (χ0n) is 13.0. The van der Waals surface area contributed by atoms with E-state index in [1.807, 2.05) is 18.7 Å². The summed E-state index contributed by atoms with van der Waals surface area (Å²) >= 11 is 6.24. The van der Waals surface area contributed by atoms with Crippen LogP contribution in [0, 0.1) is 0 Å². The lowest BCUT2D eigenvalue weighted by Crippen LogP contribution is -2.52. The summed E-state index contributed by atoms with van der Waals surface area (Å²) in [6.07, 6.45) is 0.897. The minimum Gasteiger partial charge on any atom is -0.492 e. The van der Waals surface area contributed by atoms with E-state index in [9.17, 15) is 9.90 Å². The molecule has 5 nitrogen and oxygen atoms in total. The number of hydrogen-bond donors (Lipinski definition) is 2. The van der Waals surface area contributed by atoms with Crippen LogP contribution in [0.25, 0.3) is 0 Å². The maximum Gasteiger partial charge on any atom is 0.325 e. The highest BCUT2D eigenvalue weighted by molar-refractivity contribution is 6.32. The Morgan fingerprint density at radius 1 is 1.59 bits per heavy atom. The zero-order valence-corrected chi connectivity index (χ0v) is 13.8. The first kappa shape index (κ1) is 17.1. The van der Waals surface area contributed by atoms with Crippen LogP contribution in [0.2, 0.25) is 5.02 Å². The Balaban J connectivity index is 2.25. The summed E-state index contributed by atoms with van der Waals surface area (Å²) in [5.41, 5.74) is 0.690. The van der Waals surface area contributed by atoms with E-state index in [-0.39, 0.29) is 6.04 Å². The average molecular weight is 327 g/mol. The van der Waals surface area contributed by atoms with E-state index < -0.39 is 12.0 Å². The van der Waals surface area contributed by atoms with Gasteiger partial charge in [-0.3, -0.25) is 9.69 Å². The summed E-state index contributed by atoms with van der Waals surface area (Å²) in [7, 11) is 0. The Morgan fingerprint density at radius 3 is 2.95 bits per heavy atom. The molecular weight excluding hydrogens is 304 g/mol. The van der Waals surface area contributed by atoms with Crippen LogP contribution < -0.4 is 10.1 Å². The number of carboxylic acid groups (broad SMARTS) is 1. The quantitative estimate of drug-likeness (QED) is 0.841. The Kier molecular flexibility index (Phi) is 6.06. The predicted molar refractivity (Wildman–Crippen MR) is 86.7 cm³/mol. The van der Waals surface area contributed by atoms with E-state index in [1.165, 1.54) is 0 Å². The smallest absolute Gasteiger partial charge is 0.325 e. The average Bonchev–Trinajstić information content (AvgIpc) is 2.48. The highest BCUT2D eigenvalue weighted by atomic mass is 35.5. The molecule has 2 unspecified atom stereocenters. The van der Waals surface area contributed by atoms with Gasteiger partial charge < -0.3 is 15.2 Å². The van der Waals surface area contributed by atoms with Gasteiger partial charge in [0.25, 0.3) is 0 Å². The second-order valence-electron chi connectivity index (χ2n) is 5.57. The van der Waals surface area contributed by atoms with Crippen LogP contribution in [0.15, 0.2) is 18.2 Å². The molecule has 1 aromatic rings. The third-order valence-electron chi connectivity index (χ3n) is 3.85. The number of rotatable bonds is 6. The van der Waals surface area contributed by atoms with Crippen LogP contribution in [0.5, 0.6) is 5.75 Å². The van der Waals surface area contributed by atoms with Crippen LogP contribution in [-0.4, -0.2) is 48.3 Å². The molecule has 1 fully saturated rings. The highest BCUT2D eigenvalue weighted by Gasteiger charge is 2.32. The summed E-state index contributed by atoms with van der Waals surface area (Å²) in [4.78, 5) is 13.8. The van der Waals surface area contributed by atoms with Crippen LogP contribution >= 0.6 is 11.6 Å². The third-order valence-corrected chi connectivity index (χ3v) is 4.15. The Hall–Kier alpha value is -1.30. The molecular formula is C16H23ClN2O3. The van der Waals surface area contributed by atoms with Gasteiger partial charge in [-0.15, -0.1) is 0 Å². The van der Waals surface area contributed by atoms with Crippen LogP contribution in [-0.2, 0) is 4.79 Å². The number of nitrogens with zero attached hydrogens (tertiary/aromatic N) is 1. The topological polar surface area (TPSA) is 61.8 Å². The monoisotopic (exact) mass is 326 g/mol. The first-order valence-electron chi connectivity index (χ1n) is 7.66. The lowest BCUT2D eigenvalue weighted by molar-refractivity contribution is -0.145. The van der Waals surface area contributed by atoms with Gasteiger partial charge in [0.05, 0.1) is 11.6 Å². The molecule has 0 aliphatic carbocycles. The molecule has 2 rings (SSSR count). The number of piperazine rings is 1. The molecule has 22 heavy (non-hydrogen) atoms. The van der Waals surface area contributed by atoms with E-state index in [2.05, 4.69) is 5.32 Å². The molecule has 1 aromatic carbocycles. The lowest BCUT2D eigenvalue weighted by atomic mass is 10.0. The molecule has 1 aliphatic rings. The molecule has 0 radical (unpaired) electrons.